The largest absolute Gasteiger partial charge is 0.416 e. The summed E-state index contributed by atoms with van der Waals surface area (Å²) in [5, 5.41) is 3.36. The Bertz CT molecular complexity index is 506. The molecule has 0 aromatic heterocycles. The maximum absolute atomic E-state index is 12.2. The van der Waals surface area contributed by atoms with E-state index in [0.29, 0.717) is 5.56 Å². The first-order valence-electron chi connectivity index (χ1n) is 4.35. The fraction of sp³-hybridized carbons (Fsp3) is 0.222. The van der Waals surface area contributed by atoms with Gasteiger partial charge in [-0.15, -0.1) is 0 Å². The maximum atomic E-state index is 12.2. The third-order valence-electron chi connectivity index (χ3n) is 1.67. The summed E-state index contributed by atoms with van der Waals surface area (Å²) in [6, 6.07) is 4.16. The Morgan fingerprint density at radius 1 is 1.24 bits per heavy atom. The van der Waals surface area contributed by atoms with Crippen molar-refractivity contribution in [2.75, 3.05) is 6.26 Å². The minimum absolute atomic E-state index is 0.356. The number of sulfonamides is 1. The van der Waals surface area contributed by atoms with E-state index in [1.165, 1.54) is 12.1 Å². The lowest BCUT2D eigenvalue weighted by Crippen LogP contribution is -2.15. The van der Waals surface area contributed by atoms with Crippen molar-refractivity contribution >= 4 is 16.2 Å². The summed E-state index contributed by atoms with van der Waals surface area (Å²) in [6.07, 6.45) is -2.36. The van der Waals surface area contributed by atoms with Crippen molar-refractivity contribution < 1.29 is 21.6 Å². The van der Waals surface area contributed by atoms with Gasteiger partial charge in [0.25, 0.3) is 0 Å². The number of alkyl halides is 3. The average Bonchev–Trinajstić information content (AvgIpc) is 2.15. The van der Waals surface area contributed by atoms with Gasteiger partial charge < -0.3 is 0 Å². The molecule has 0 aliphatic heterocycles. The van der Waals surface area contributed by atoms with E-state index in [9.17, 15) is 21.6 Å². The van der Waals surface area contributed by atoms with Gasteiger partial charge in [0, 0.05) is 0 Å². The Hall–Kier alpha value is -1.57. The van der Waals surface area contributed by atoms with Gasteiger partial charge in [-0.25, -0.2) is 13.2 Å². The van der Waals surface area contributed by atoms with Crippen LogP contribution >= 0.6 is 0 Å². The van der Waals surface area contributed by atoms with Crippen molar-refractivity contribution in [1.29, 1.82) is 0 Å². The molecule has 0 bridgehead atoms. The standard InChI is InChI=1S/C9H9F3N2O2S/c1-17(15,16)14-13-6-7-2-4-8(5-3-7)9(10,11)12/h2-6,14H,1H3/b13-6-. The van der Waals surface area contributed by atoms with Crippen LogP contribution in [0, 0.1) is 0 Å². The molecule has 0 radical (unpaired) electrons. The quantitative estimate of drug-likeness (QED) is 0.667. The van der Waals surface area contributed by atoms with Crippen molar-refractivity contribution in [2.24, 2.45) is 5.10 Å². The molecular weight excluding hydrogens is 257 g/mol. The van der Waals surface area contributed by atoms with Crippen LogP contribution in [0.25, 0.3) is 0 Å². The highest BCUT2D eigenvalue weighted by Crippen LogP contribution is 2.28. The van der Waals surface area contributed by atoms with Crippen molar-refractivity contribution in [3.8, 4) is 0 Å². The SMILES string of the molecule is CS(=O)(=O)N/N=C\c1ccc(C(F)(F)F)cc1. The molecule has 0 heterocycles. The average molecular weight is 266 g/mol. The van der Waals surface area contributed by atoms with Gasteiger partial charge in [-0.05, 0) is 17.7 Å². The van der Waals surface area contributed by atoms with Crippen LogP contribution in [0.1, 0.15) is 11.1 Å². The third-order valence-corrected chi connectivity index (χ3v) is 2.11. The Morgan fingerprint density at radius 3 is 2.18 bits per heavy atom. The molecule has 1 aromatic carbocycles. The van der Waals surface area contributed by atoms with E-state index in [1.807, 2.05) is 4.83 Å². The number of benzene rings is 1. The zero-order chi connectivity index (χ0) is 13.1. The molecule has 0 saturated carbocycles. The molecule has 1 aromatic rings. The van der Waals surface area contributed by atoms with E-state index < -0.39 is 21.8 Å². The third kappa shape index (κ3) is 4.85. The number of halogens is 3. The van der Waals surface area contributed by atoms with Crippen molar-refractivity contribution in [1.82, 2.24) is 4.83 Å². The van der Waals surface area contributed by atoms with Crippen LogP contribution in [0.4, 0.5) is 13.2 Å². The summed E-state index contributed by atoms with van der Waals surface area (Å²) < 4.78 is 57.9. The van der Waals surface area contributed by atoms with Gasteiger partial charge in [0.15, 0.2) is 0 Å². The van der Waals surface area contributed by atoms with Gasteiger partial charge >= 0.3 is 6.18 Å². The lowest BCUT2D eigenvalue weighted by atomic mass is 10.1. The van der Waals surface area contributed by atoms with Gasteiger partial charge in [-0.3, -0.25) is 0 Å². The van der Waals surface area contributed by atoms with Crippen LogP contribution < -0.4 is 4.83 Å². The minimum Gasteiger partial charge on any atom is -0.206 e. The Kier molecular flexibility index (Phi) is 3.76. The molecule has 0 unspecified atom stereocenters. The maximum Gasteiger partial charge on any atom is 0.416 e. The summed E-state index contributed by atoms with van der Waals surface area (Å²) in [4.78, 5) is 1.83. The van der Waals surface area contributed by atoms with Gasteiger partial charge in [0.1, 0.15) is 0 Å². The lowest BCUT2D eigenvalue weighted by molar-refractivity contribution is -0.137. The van der Waals surface area contributed by atoms with Crippen LogP contribution in [-0.2, 0) is 16.2 Å². The highest BCUT2D eigenvalue weighted by Gasteiger charge is 2.29. The molecule has 0 aliphatic rings. The summed E-state index contributed by atoms with van der Waals surface area (Å²) in [7, 11) is -3.45. The first-order valence-corrected chi connectivity index (χ1v) is 6.25. The second kappa shape index (κ2) is 4.74. The van der Waals surface area contributed by atoms with E-state index in [2.05, 4.69) is 5.10 Å². The number of nitrogens with one attached hydrogen (secondary N) is 1. The topological polar surface area (TPSA) is 58.5 Å². The number of nitrogens with zero attached hydrogens (tertiary/aromatic N) is 1. The second-order valence-corrected chi connectivity index (χ2v) is 4.97. The first-order chi connectivity index (χ1) is 7.68. The number of rotatable bonds is 3. The highest BCUT2D eigenvalue weighted by atomic mass is 32.2. The summed E-state index contributed by atoms with van der Waals surface area (Å²) in [5.41, 5.74) is -0.417. The fourth-order valence-electron chi connectivity index (χ4n) is 0.955. The Balaban J connectivity index is 2.76. The van der Waals surface area contributed by atoms with Crippen molar-refractivity contribution in [3.63, 3.8) is 0 Å². The number of hydrogen-bond acceptors (Lipinski definition) is 3. The molecule has 1 N–H and O–H groups in total. The zero-order valence-electron chi connectivity index (χ0n) is 8.69. The Labute approximate surface area is 96.2 Å². The molecule has 94 valence electrons. The van der Waals surface area contributed by atoms with Gasteiger partial charge in [-0.2, -0.15) is 18.3 Å². The van der Waals surface area contributed by atoms with Crippen LogP contribution in [0.2, 0.25) is 0 Å². The van der Waals surface area contributed by atoms with Crippen LogP contribution in [0.3, 0.4) is 0 Å². The molecule has 0 saturated heterocycles. The number of hydrogen-bond donors (Lipinski definition) is 1. The van der Waals surface area contributed by atoms with Crippen LogP contribution in [-0.4, -0.2) is 20.9 Å². The second-order valence-electron chi connectivity index (χ2n) is 3.24. The zero-order valence-corrected chi connectivity index (χ0v) is 9.51. The molecule has 17 heavy (non-hydrogen) atoms. The molecule has 0 amide bonds. The van der Waals surface area contributed by atoms with Gasteiger partial charge in [-0.1, -0.05) is 12.1 Å². The fourth-order valence-corrected chi connectivity index (χ4v) is 1.20. The molecule has 0 fully saturated rings. The van der Waals surface area contributed by atoms with E-state index in [1.54, 1.807) is 0 Å². The van der Waals surface area contributed by atoms with E-state index in [0.717, 1.165) is 24.6 Å². The molecular formula is C9H9F3N2O2S. The summed E-state index contributed by atoms with van der Waals surface area (Å²) in [6.45, 7) is 0. The van der Waals surface area contributed by atoms with Gasteiger partial charge in [0.2, 0.25) is 10.0 Å². The van der Waals surface area contributed by atoms with E-state index in [-0.39, 0.29) is 0 Å². The monoisotopic (exact) mass is 266 g/mol. The minimum atomic E-state index is -4.39. The van der Waals surface area contributed by atoms with Gasteiger partial charge in [0.05, 0.1) is 18.0 Å². The molecule has 8 heteroatoms. The smallest absolute Gasteiger partial charge is 0.206 e. The number of hydrazone groups is 1. The molecule has 1 rings (SSSR count). The predicted molar refractivity (Wildman–Crippen MR) is 57.0 cm³/mol. The first kappa shape index (κ1) is 13.5. The lowest BCUT2D eigenvalue weighted by Gasteiger charge is -2.05. The Morgan fingerprint density at radius 2 is 1.76 bits per heavy atom. The van der Waals surface area contributed by atoms with Crippen molar-refractivity contribution in [3.05, 3.63) is 35.4 Å². The molecule has 0 atom stereocenters. The summed E-state index contributed by atoms with van der Waals surface area (Å²) in [5.74, 6) is 0. The molecule has 0 aliphatic carbocycles. The van der Waals surface area contributed by atoms with E-state index >= 15 is 0 Å². The normalized spacial score (nSPS) is 12.9. The van der Waals surface area contributed by atoms with Crippen LogP contribution in [0.5, 0.6) is 0 Å². The van der Waals surface area contributed by atoms with Crippen molar-refractivity contribution in [2.45, 2.75) is 6.18 Å². The molecule has 4 nitrogen and oxygen atoms in total. The summed E-state index contributed by atoms with van der Waals surface area (Å²) >= 11 is 0. The predicted octanol–water partition coefficient (Wildman–Crippen LogP) is 1.59. The molecule has 0 spiro atoms. The van der Waals surface area contributed by atoms with E-state index in [4.69, 9.17) is 0 Å². The van der Waals surface area contributed by atoms with Crippen LogP contribution in [0.15, 0.2) is 29.4 Å². The highest BCUT2D eigenvalue weighted by molar-refractivity contribution is 7.88.